The summed E-state index contributed by atoms with van der Waals surface area (Å²) >= 11 is 0. The molecule has 5 nitrogen and oxygen atoms in total. The molecule has 2 aromatic rings. The van der Waals surface area contributed by atoms with Crippen LogP contribution in [0.5, 0.6) is 11.5 Å². The molecule has 1 saturated heterocycles. The average Bonchev–Trinajstić information content (AvgIpc) is 2.75. The number of anilines is 1. The summed E-state index contributed by atoms with van der Waals surface area (Å²) in [7, 11) is 2.14. The van der Waals surface area contributed by atoms with E-state index in [0.717, 1.165) is 43.8 Å². The van der Waals surface area contributed by atoms with Crippen LogP contribution in [-0.2, 0) is 11.2 Å². The van der Waals surface area contributed by atoms with E-state index in [2.05, 4.69) is 24.2 Å². The van der Waals surface area contributed by atoms with Gasteiger partial charge in [0, 0.05) is 18.8 Å². The molecular weight excluding hydrogens is 364 g/mol. The number of amides is 1. The quantitative estimate of drug-likeness (QED) is 0.713. The highest BCUT2D eigenvalue weighted by molar-refractivity contribution is 5.94. The second-order valence-corrected chi connectivity index (χ2v) is 7.65. The predicted octanol–water partition coefficient (Wildman–Crippen LogP) is 4.52. The number of ether oxygens (including phenoxy) is 2. The maximum Gasteiger partial charge on any atom is 0.265 e. The van der Waals surface area contributed by atoms with E-state index in [1.54, 1.807) is 0 Å². The number of piperidine rings is 1. The molecule has 2 aromatic carbocycles. The van der Waals surface area contributed by atoms with Crippen molar-refractivity contribution in [3.63, 3.8) is 0 Å². The molecule has 1 unspecified atom stereocenters. The molecule has 29 heavy (non-hydrogen) atoms. The van der Waals surface area contributed by atoms with Gasteiger partial charge in [0.15, 0.2) is 6.10 Å². The lowest BCUT2D eigenvalue weighted by Crippen LogP contribution is -2.35. The summed E-state index contributed by atoms with van der Waals surface area (Å²) in [6.45, 7) is 6.20. The number of hydrogen-bond donors (Lipinski definition) is 1. The Hall–Kier alpha value is -2.53. The smallest absolute Gasteiger partial charge is 0.265 e. The Morgan fingerprint density at radius 1 is 1.03 bits per heavy atom. The number of likely N-dealkylation sites (tertiary alicyclic amines) is 1. The van der Waals surface area contributed by atoms with Crippen LogP contribution < -0.4 is 14.8 Å². The number of nitrogens with one attached hydrogen (secondary N) is 1. The molecule has 1 N–H and O–H groups in total. The van der Waals surface area contributed by atoms with Gasteiger partial charge in [0.25, 0.3) is 5.91 Å². The second kappa shape index (κ2) is 10.3. The standard InChI is InChI=1S/C24H32N2O3/c1-4-18-6-10-21(11-7-18)29-23(5-2)24(27)25-19-8-12-20(13-9-19)28-22-14-16-26(3)17-15-22/h6-13,22-23H,4-5,14-17H2,1-3H3,(H,25,27). The van der Waals surface area contributed by atoms with Gasteiger partial charge in [-0.25, -0.2) is 0 Å². The van der Waals surface area contributed by atoms with Gasteiger partial charge in [-0.05, 0) is 74.7 Å². The number of nitrogens with zero attached hydrogens (tertiary/aromatic N) is 1. The molecule has 1 aliphatic heterocycles. The van der Waals surface area contributed by atoms with Gasteiger partial charge < -0.3 is 19.7 Å². The third-order valence-electron chi connectivity index (χ3n) is 5.36. The zero-order valence-corrected chi connectivity index (χ0v) is 17.7. The molecule has 3 rings (SSSR count). The van der Waals surface area contributed by atoms with Crippen LogP contribution in [0.4, 0.5) is 5.69 Å². The molecule has 0 radical (unpaired) electrons. The molecule has 156 valence electrons. The summed E-state index contributed by atoms with van der Waals surface area (Å²) in [5.74, 6) is 1.42. The topological polar surface area (TPSA) is 50.8 Å². The average molecular weight is 397 g/mol. The third-order valence-corrected chi connectivity index (χ3v) is 5.36. The van der Waals surface area contributed by atoms with Gasteiger partial charge in [0.05, 0.1) is 0 Å². The molecule has 1 amide bonds. The van der Waals surface area contributed by atoms with Crippen LogP contribution in [-0.4, -0.2) is 43.2 Å². The summed E-state index contributed by atoms with van der Waals surface area (Å²) in [6, 6.07) is 15.5. The maximum atomic E-state index is 12.6. The van der Waals surface area contributed by atoms with Gasteiger partial charge in [-0.15, -0.1) is 0 Å². The summed E-state index contributed by atoms with van der Waals surface area (Å²) in [6.07, 6.45) is 3.41. The van der Waals surface area contributed by atoms with E-state index < -0.39 is 6.10 Å². The first kappa shape index (κ1) is 21.2. The number of rotatable bonds is 8. The normalized spacial score (nSPS) is 16.2. The van der Waals surface area contributed by atoms with E-state index in [4.69, 9.17) is 9.47 Å². The molecule has 0 aliphatic carbocycles. The summed E-state index contributed by atoms with van der Waals surface area (Å²) < 4.78 is 12.0. The second-order valence-electron chi connectivity index (χ2n) is 7.65. The van der Waals surface area contributed by atoms with Crippen molar-refractivity contribution in [2.24, 2.45) is 0 Å². The first-order chi connectivity index (χ1) is 14.1. The molecule has 0 aromatic heterocycles. The van der Waals surface area contributed by atoms with Gasteiger partial charge in [-0.3, -0.25) is 4.79 Å². The lowest BCUT2D eigenvalue weighted by atomic mass is 10.1. The lowest BCUT2D eigenvalue weighted by molar-refractivity contribution is -0.122. The van der Waals surface area contributed by atoms with Crippen LogP contribution in [0.2, 0.25) is 0 Å². The summed E-state index contributed by atoms with van der Waals surface area (Å²) in [4.78, 5) is 15.0. The van der Waals surface area contributed by atoms with Crippen LogP contribution in [0, 0.1) is 0 Å². The van der Waals surface area contributed by atoms with Gasteiger partial charge in [-0.1, -0.05) is 26.0 Å². The van der Waals surface area contributed by atoms with E-state index in [-0.39, 0.29) is 12.0 Å². The van der Waals surface area contributed by atoms with Crippen molar-refractivity contribution in [3.8, 4) is 11.5 Å². The minimum atomic E-state index is -0.530. The third kappa shape index (κ3) is 6.23. The number of aryl methyl sites for hydroxylation is 1. The minimum absolute atomic E-state index is 0.143. The maximum absolute atomic E-state index is 12.6. The Bertz CT molecular complexity index is 766. The fourth-order valence-corrected chi connectivity index (χ4v) is 3.43. The van der Waals surface area contributed by atoms with Crippen molar-refractivity contribution < 1.29 is 14.3 Å². The fraction of sp³-hybridized carbons (Fsp3) is 0.458. The van der Waals surface area contributed by atoms with E-state index in [9.17, 15) is 4.79 Å². The molecule has 1 heterocycles. The highest BCUT2D eigenvalue weighted by atomic mass is 16.5. The Balaban J connectivity index is 1.52. The molecule has 1 aliphatic rings. The summed E-state index contributed by atoms with van der Waals surface area (Å²) in [5.41, 5.74) is 1.99. The largest absolute Gasteiger partial charge is 0.490 e. The molecule has 5 heteroatoms. The molecule has 1 atom stereocenters. The molecule has 0 bridgehead atoms. The fourth-order valence-electron chi connectivity index (χ4n) is 3.43. The van der Waals surface area contributed by atoms with Crippen molar-refractivity contribution in [3.05, 3.63) is 54.1 Å². The highest BCUT2D eigenvalue weighted by Crippen LogP contribution is 2.22. The van der Waals surface area contributed by atoms with Crippen molar-refractivity contribution in [1.82, 2.24) is 4.90 Å². The van der Waals surface area contributed by atoms with E-state index >= 15 is 0 Å². The zero-order valence-electron chi connectivity index (χ0n) is 17.7. The number of carbonyl (C=O) groups excluding carboxylic acids is 1. The van der Waals surface area contributed by atoms with Crippen LogP contribution in [0.3, 0.4) is 0 Å². The van der Waals surface area contributed by atoms with Crippen molar-refractivity contribution in [2.75, 3.05) is 25.5 Å². The minimum Gasteiger partial charge on any atom is -0.490 e. The number of hydrogen-bond acceptors (Lipinski definition) is 4. The first-order valence-corrected chi connectivity index (χ1v) is 10.6. The molecule has 0 spiro atoms. The number of carbonyl (C=O) groups is 1. The first-order valence-electron chi connectivity index (χ1n) is 10.6. The van der Waals surface area contributed by atoms with Crippen LogP contribution in [0.25, 0.3) is 0 Å². The van der Waals surface area contributed by atoms with Crippen LogP contribution >= 0.6 is 0 Å². The van der Waals surface area contributed by atoms with Crippen molar-refractivity contribution in [1.29, 1.82) is 0 Å². The predicted molar refractivity (Wildman–Crippen MR) is 117 cm³/mol. The molecule has 0 saturated carbocycles. The summed E-state index contributed by atoms with van der Waals surface area (Å²) in [5, 5.41) is 2.95. The Kier molecular flexibility index (Phi) is 7.53. The van der Waals surface area contributed by atoms with Gasteiger partial charge in [-0.2, -0.15) is 0 Å². The van der Waals surface area contributed by atoms with Crippen LogP contribution in [0.15, 0.2) is 48.5 Å². The van der Waals surface area contributed by atoms with Crippen molar-refractivity contribution >= 4 is 11.6 Å². The van der Waals surface area contributed by atoms with Gasteiger partial charge >= 0.3 is 0 Å². The van der Waals surface area contributed by atoms with E-state index in [0.29, 0.717) is 12.2 Å². The monoisotopic (exact) mass is 396 g/mol. The van der Waals surface area contributed by atoms with Crippen molar-refractivity contribution in [2.45, 2.75) is 51.7 Å². The Morgan fingerprint density at radius 2 is 1.66 bits per heavy atom. The lowest BCUT2D eigenvalue weighted by Gasteiger charge is -2.29. The Labute approximate surface area is 174 Å². The van der Waals surface area contributed by atoms with Crippen LogP contribution in [0.1, 0.15) is 38.7 Å². The zero-order chi connectivity index (χ0) is 20.6. The SMILES string of the molecule is CCc1ccc(OC(CC)C(=O)Nc2ccc(OC3CCN(C)CC3)cc2)cc1. The highest BCUT2D eigenvalue weighted by Gasteiger charge is 2.20. The molecular formula is C24H32N2O3. The molecule has 1 fully saturated rings. The van der Waals surface area contributed by atoms with Gasteiger partial charge in [0.1, 0.15) is 17.6 Å². The Morgan fingerprint density at radius 3 is 2.24 bits per heavy atom. The van der Waals surface area contributed by atoms with E-state index in [1.807, 2.05) is 55.5 Å². The van der Waals surface area contributed by atoms with E-state index in [1.165, 1.54) is 5.56 Å². The van der Waals surface area contributed by atoms with Gasteiger partial charge in [0.2, 0.25) is 0 Å². The number of benzene rings is 2.